The lowest BCUT2D eigenvalue weighted by molar-refractivity contribution is -0.138. The second-order valence-electron chi connectivity index (χ2n) is 7.53. The summed E-state index contributed by atoms with van der Waals surface area (Å²) in [7, 11) is 0. The summed E-state index contributed by atoms with van der Waals surface area (Å²) in [5.41, 5.74) is -0.846. The van der Waals surface area contributed by atoms with Crippen LogP contribution in [0.4, 0.5) is 13.2 Å². The highest BCUT2D eigenvalue weighted by Gasteiger charge is 2.36. The van der Waals surface area contributed by atoms with Crippen LogP contribution >= 0.6 is 0 Å². The van der Waals surface area contributed by atoms with E-state index in [2.05, 4.69) is 5.32 Å². The Hall–Kier alpha value is -3.35. The number of carbonyl (C=O) groups excluding carboxylic acids is 1. The zero-order valence-corrected chi connectivity index (χ0v) is 17.2. The molecule has 3 rings (SSSR count). The highest BCUT2D eigenvalue weighted by molar-refractivity contribution is 5.77. The number of amides is 1. The lowest BCUT2D eigenvalue weighted by atomic mass is 10.0. The number of halogens is 3. The largest absolute Gasteiger partial charge is 0.417 e. The first-order chi connectivity index (χ1) is 14.7. The zero-order chi connectivity index (χ0) is 22.6. The van der Waals surface area contributed by atoms with E-state index in [1.54, 1.807) is 68.4 Å². The van der Waals surface area contributed by atoms with Crippen LogP contribution in [0.1, 0.15) is 30.5 Å². The standard InChI is InChI=1S/C24H23F3N2O2/c1-16(2)22(30)28-14-19-20(24(25,26)27)13-21(18-11-7-4-8-12-18)29(23(19)31)15-17-9-5-3-6-10-17/h3-13,16H,14-15H2,1-2H3,(H,28,30). The van der Waals surface area contributed by atoms with Gasteiger partial charge in [-0.25, -0.2) is 0 Å². The van der Waals surface area contributed by atoms with E-state index in [0.29, 0.717) is 5.56 Å². The summed E-state index contributed by atoms with van der Waals surface area (Å²) in [6.07, 6.45) is -4.74. The first-order valence-corrected chi connectivity index (χ1v) is 9.89. The molecule has 0 bridgehead atoms. The number of hydrogen-bond acceptors (Lipinski definition) is 2. The molecule has 0 atom stereocenters. The number of rotatable bonds is 6. The maximum atomic E-state index is 13.9. The first kappa shape index (κ1) is 22.3. The van der Waals surface area contributed by atoms with Crippen molar-refractivity contribution in [2.45, 2.75) is 33.1 Å². The fourth-order valence-electron chi connectivity index (χ4n) is 3.26. The van der Waals surface area contributed by atoms with Crippen LogP contribution in [-0.2, 0) is 24.1 Å². The van der Waals surface area contributed by atoms with Crippen molar-refractivity contribution in [3.63, 3.8) is 0 Å². The molecule has 1 N–H and O–H groups in total. The molecular weight excluding hydrogens is 405 g/mol. The predicted octanol–water partition coefficient (Wildman–Crippen LogP) is 4.85. The first-order valence-electron chi connectivity index (χ1n) is 9.89. The third kappa shape index (κ3) is 5.23. The zero-order valence-electron chi connectivity index (χ0n) is 17.2. The minimum absolute atomic E-state index is 0.104. The number of carbonyl (C=O) groups is 1. The molecule has 1 heterocycles. The number of aromatic nitrogens is 1. The molecule has 1 amide bonds. The van der Waals surface area contributed by atoms with Crippen molar-refractivity contribution in [3.05, 3.63) is 93.8 Å². The quantitative estimate of drug-likeness (QED) is 0.610. The average Bonchev–Trinajstić information content (AvgIpc) is 2.74. The van der Waals surface area contributed by atoms with Gasteiger partial charge in [0.2, 0.25) is 5.91 Å². The Balaban J connectivity index is 2.21. The van der Waals surface area contributed by atoms with Crippen LogP contribution in [-0.4, -0.2) is 10.5 Å². The van der Waals surface area contributed by atoms with Gasteiger partial charge in [0, 0.05) is 18.0 Å². The summed E-state index contributed by atoms with van der Waals surface area (Å²) in [4.78, 5) is 25.3. The summed E-state index contributed by atoms with van der Waals surface area (Å²) < 4.78 is 43.0. The minimum Gasteiger partial charge on any atom is -0.352 e. The van der Waals surface area contributed by atoms with Crippen molar-refractivity contribution >= 4 is 5.91 Å². The van der Waals surface area contributed by atoms with Gasteiger partial charge in [-0.3, -0.25) is 9.59 Å². The molecule has 0 radical (unpaired) electrons. The van der Waals surface area contributed by atoms with Gasteiger partial charge >= 0.3 is 6.18 Å². The molecule has 7 heteroatoms. The second-order valence-corrected chi connectivity index (χ2v) is 7.53. The third-order valence-corrected chi connectivity index (χ3v) is 4.92. The number of nitrogens with zero attached hydrogens (tertiary/aromatic N) is 1. The van der Waals surface area contributed by atoms with Gasteiger partial charge in [-0.2, -0.15) is 13.2 Å². The predicted molar refractivity (Wildman–Crippen MR) is 113 cm³/mol. The molecule has 0 aliphatic heterocycles. The molecule has 0 unspecified atom stereocenters. The molecule has 0 saturated carbocycles. The van der Waals surface area contributed by atoms with Gasteiger partial charge < -0.3 is 9.88 Å². The Kier molecular flexibility index (Phi) is 6.63. The average molecular weight is 428 g/mol. The normalized spacial score (nSPS) is 11.5. The molecule has 4 nitrogen and oxygen atoms in total. The molecule has 1 aromatic heterocycles. The highest BCUT2D eigenvalue weighted by atomic mass is 19.4. The van der Waals surface area contributed by atoms with E-state index in [-0.39, 0.29) is 12.2 Å². The van der Waals surface area contributed by atoms with Gasteiger partial charge in [0.05, 0.1) is 17.8 Å². The van der Waals surface area contributed by atoms with Gasteiger partial charge in [-0.1, -0.05) is 74.5 Å². The van der Waals surface area contributed by atoms with Crippen LogP contribution in [0.25, 0.3) is 11.3 Å². The molecule has 0 fully saturated rings. The van der Waals surface area contributed by atoms with Crippen molar-refractivity contribution in [1.82, 2.24) is 9.88 Å². The number of benzene rings is 2. The van der Waals surface area contributed by atoms with Gasteiger partial charge in [0.1, 0.15) is 0 Å². The van der Waals surface area contributed by atoms with Crippen LogP contribution < -0.4 is 10.9 Å². The monoisotopic (exact) mass is 428 g/mol. The highest BCUT2D eigenvalue weighted by Crippen LogP contribution is 2.34. The lowest BCUT2D eigenvalue weighted by Crippen LogP contribution is -2.35. The van der Waals surface area contributed by atoms with Crippen LogP contribution in [0.3, 0.4) is 0 Å². The molecule has 3 aromatic rings. The Bertz CT molecular complexity index is 1110. The molecule has 0 aliphatic rings. The fraction of sp³-hybridized carbons (Fsp3) is 0.250. The smallest absolute Gasteiger partial charge is 0.352 e. The van der Waals surface area contributed by atoms with E-state index in [1.807, 2.05) is 6.07 Å². The van der Waals surface area contributed by atoms with Crippen LogP contribution in [0.2, 0.25) is 0 Å². The molecule has 0 aliphatic carbocycles. The molecule has 2 aromatic carbocycles. The van der Waals surface area contributed by atoms with E-state index in [9.17, 15) is 22.8 Å². The summed E-state index contributed by atoms with van der Waals surface area (Å²) in [5, 5.41) is 2.45. The van der Waals surface area contributed by atoms with E-state index in [4.69, 9.17) is 0 Å². The Morgan fingerprint density at radius 2 is 1.58 bits per heavy atom. The lowest BCUT2D eigenvalue weighted by Gasteiger charge is -2.20. The van der Waals surface area contributed by atoms with E-state index >= 15 is 0 Å². The number of pyridine rings is 1. The summed E-state index contributed by atoms with van der Waals surface area (Å²) in [6.45, 7) is 2.88. The molecule has 31 heavy (non-hydrogen) atoms. The van der Waals surface area contributed by atoms with Gasteiger partial charge in [0.15, 0.2) is 0 Å². The molecule has 162 valence electrons. The fourth-order valence-corrected chi connectivity index (χ4v) is 3.26. The topological polar surface area (TPSA) is 51.1 Å². The van der Waals surface area contributed by atoms with Crippen molar-refractivity contribution in [2.24, 2.45) is 5.92 Å². The van der Waals surface area contributed by atoms with Crippen LogP contribution in [0.15, 0.2) is 71.5 Å². The molecule has 0 saturated heterocycles. The van der Waals surface area contributed by atoms with E-state index < -0.39 is 41.2 Å². The van der Waals surface area contributed by atoms with Crippen molar-refractivity contribution in [2.75, 3.05) is 0 Å². The summed E-state index contributed by atoms with van der Waals surface area (Å²) >= 11 is 0. The number of nitrogens with one attached hydrogen (secondary N) is 1. The summed E-state index contributed by atoms with van der Waals surface area (Å²) in [5.74, 6) is -0.834. The summed E-state index contributed by atoms with van der Waals surface area (Å²) in [6, 6.07) is 18.5. The Morgan fingerprint density at radius 1 is 1.00 bits per heavy atom. The van der Waals surface area contributed by atoms with Gasteiger partial charge in [0.25, 0.3) is 5.56 Å². The van der Waals surface area contributed by atoms with Crippen molar-refractivity contribution in [3.8, 4) is 11.3 Å². The van der Waals surface area contributed by atoms with Crippen LogP contribution in [0.5, 0.6) is 0 Å². The molecule has 0 spiro atoms. The van der Waals surface area contributed by atoms with Crippen LogP contribution in [0, 0.1) is 5.92 Å². The number of hydrogen-bond donors (Lipinski definition) is 1. The van der Waals surface area contributed by atoms with E-state index in [0.717, 1.165) is 11.6 Å². The SMILES string of the molecule is CC(C)C(=O)NCc1c(C(F)(F)F)cc(-c2ccccc2)n(Cc2ccccc2)c1=O. The third-order valence-electron chi connectivity index (χ3n) is 4.92. The van der Waals surface area contributed by atoms with Gasteiger partial charge in [-0.15, -0.1) is 0 Å². The minimum atomic E-state index is -4.74. The maximum absolute atomic E-state index is 13.9. The van der Waals surface area contributed by atoms with Crippen molar-refractivity contribution in [1.29, 1.82) is 0 Å². The second kappa shape index (κ2) is 9.20. The Labute approximate surface area is 178 Å². The maximum Gasteiger partial charge on any atom is 0.417 e. The molecular formula is C24H23F3N2O2. The van der Waals surface area contributed by atoms with Gasteiger partial charge in [-0.05, 0) is 17.2 Å². The number of alkyl halides is 3. The van der Waals surface area contributed by atoms with E-state index in [1.165, 1.54) is 4.57 Å². The Morgan fingerprint density at radius 3 is 2.13 bits per heavy atom. The van der Waals surface area contributed by atoms with Crippen molar-refractivity contribution < 1.29 is 18.0 Å².